The minimum absolute atomic E-state index is 0.0757. The number of aliphatic hydroxyl groups excluding tert-OH is 1. The van der Waals surface area contributed by atoms with E-state index in [9.17, 15) is 14.7 Å². The molecule has 2 N–H and O–H groups in total. The minimum atomic E-state index is -0.707. The topological polar surface area (TPSA) is 82.6 Å². The molecule has 1 amide bonds. The van der Waals surface area contributed by atoms with Gasteiger partial charge in [0.05, 0.1) is 18.7 Å². The summed E-state index contributed by atoms with van der Waals surface area (Å²) in [4.78, 5) is 31.3. The first-order valence-electron chi connectivity index (χ1n) is 11.6. The number of hydrogen-bond donors (Lipinski definition) is 2. The van der Waals surface area contributed by atoms with Crippen molar-refractivity contribution in [3.8, 4) is 5.75 Å². The van der Waals surface area contributed by atoms with Gasteiger partial charge in [-0.1, -0.05) is 41.4 Å². The number of rotatable bonds is 6. The highest BCUT2D eigenvalue weighted by molar-refractivity contribution is 6.46. The molecule has 1 aromatic heterocycles. The second-order valence-electron chi connectivity index (χ2n) is 8.89. The van der Waals surface area contributed by atoms with E-state index in [1.165, 1.54) is 0 Å². The molecular formula is C29H25ClN2O4. The van der Waals surface area contributed by atoms with E-state index in [-0.39, 0.29) is 11.3 Å². The van der Waals surface area contributed by atoms with E-state index < -0.39 is 17.7 Å². The zero-order valence-corrected chi connectivity index (χ0v) is 20.7. The summed E-state index contributed by atoms with van der Waals surface area (Å²) in [7, 11) is 1.62. The minimum Gasteiger partial charge on any atom is -0.507 e. The number of Topliss-reactive ketones (excluding diaryl/α,β-unsaturated/α-hetero) is 1. The lowest BCUT2D eigenvalue weighted by Gasteiger charge is -2.25. The Balaban J connectivity index is 1.55. The van der Waals surface area contributed by atoms with Crippen molar-refractivity contribution in [1.29, 1.82) is 0 Å². The number of amides is 1. The van der Waals surface area contributed by atoms with Gasteiger partial charge in [0, 0.05) is 34.2 Å². The zero-order chi connectivity index (χ0) is 25.4. The lowest BCUT2D eigenvalue weighted by atomic mass is 9.94. The quantitative estimate of drug-likeness (QED) is 0.199. The van der Waals surface area contributed by atoms with Crippen LogP contribution in [0.3, 0.4) is 0 Å². The molecule has 1 atom stereocenters. The van der Waals surface area contributed by atoms with Gasteiger partial charge in [-0.2, -0.15) is 0 Å². The number of aromatic amines is 1. The molecule has 0 spiro atoms. The van der Waals surface area contributed by atoms with Crippen molar-refractivity contribution in [2.75, 3.05) is 13.7 Å². The van der Waals surface area contributed by atoms with Crippen molar-refractivity contribution in [2.45, 2.75) is 19.4 Å². The number of nitrogens with zero attached hydrogens (tertiary/aromatic N) is 1. The molecule has 6 nitrogen and oxygen atoms in total. The molecule has 5 rings (SSSR count). The van der Waals surface area contributed by atoms with Crippen LogP contribution < -0.4 is 4.74 Å². The molecular weight excluding hydrogens is 476 g/mol. The Labute approximate surface area is 213 Å². The summed E-state index contributed by atoms with van der Waals surface area (Å²) in [6.07, 6.45) is 2.43. The van der Waals surface area contributed by atoms with Crippen molar-refractivity contribution in [1.82, 2.24) is 9.88 Å². The average Bonchev–Trinajstić information content (AvgIpc) is 3.40. The SMILES string of the molecule is COc1ccc2[nH]cc(CCN3C(=O)C(=O)C(=C(O)c4ccc(Cl)cc4)[C@@H]3c3ccc(C)cc3)c2c1. The maximum Gasteiger partial charge on any atom is 0.295 e. The van der Waals surface area contributed by atoms with E-state index in [0.717, 1.165) is 33.3 Å². The molecule has 36 heavy (non-hydrogen) atoms. The number of halogens is 1. The van der Waals surface area contributed by atoms with Crippen LogP contribution in [-0.2, 0) is 16.0 Å². The lowest BCUT2D eigenvalue weighted by Crippen LogP contribution is -2.31. The summed E-state index contributed by atoms with van der Waals surface area (Å²) in [6, 6.07) is 19.3. The van der Waals surface area contributed by atoms with Crippen LogP contribution in [0.4, 0.5) is 0 Å². The number of fused-ring (bicyclic) bond motifs is 1. The van der Waals surface area contributed by atoms with Gasteiger partial charge in [-0.15, -0.1) is 0 Å². The summed E-state index contributed by atoms with van der Waals surface area (Å²) < 4.78 is 5.36. The molecule has 3 aromatic carbocycles. The van der Waals surface area contributed by atoms with Crippen molar-refractivity contribution >= 4 is 40.0 Å². The lowest BCUT2D eigenvalue weighted by molar-refractivity contribution is -0.139. The first-order chi connectivity index (χ1) is 17.4. The third-order valence-electron chi connectivity index (χ3n) is 6.65. The number of aliphatic hydroxyl groups is 1. The standard InChI is InChI=1S/C29H25ClN2O4/c1-17-3-5-18(6-4-17)26-25(27(33)19-7-9-21(30)10-8-19)28(34)29(35)32(26)14-13-20-16-31-24-12-11-22(36-2)15-23(20)24/h3-12,15-16,26,31,33H,13-14H2,1-2H3/t26-/m0/s1. The molecule has 1 aliphatic rings. The van der Waals surface area contributed by atoms with E-state index in [1.807, 2.05) is 55.6 Å². The fourth-order valence-corrected chi connectivity index (χ4v) is 4.83. The maximum atomic E-state index is 13.3. The first kappa shape index (κ1) is 23.7. The molecule has 1 aliphatic heterocycles. The summed E-state index contributed by atoms with van der Waals surface area (Å²) in [5.74, 6) is -0.802. The van der Waals surface area contributed by atoms with Crippen LogP contribution in [0.1, 0.15) is 28.3 Å². The molecule has 1 saturated heterocycles. The molecule has 2 heterocycles. The molecule has 7 heteroatoms. The summed E-state index contributed by atoms with van der Waals surface area (Å²) in [5, 5.41) is 12.7. The van der Waals surface area contributed by atoms with Gasteiger partial charge >= 0.3 is 0 Å². The number of H-pyrrole nitrogens is 1. The predicted molar refractivity (Wildman–Crippen MR) is 140 cm³/mol. The molecule has 0 radical (unpaired) electrons. The number of likely N-dealkylation sites (tertiary alicyclic amines) is 1. The normalized spacial score (nSPS) is 17.2. The van der Waals surface area contributed by atoms with E-state index in [1.54, 1.807) is 36.3 Å². The van der Waals surface area contributed by atoms with Gasteiger partial charge in [-0.05, 0) is 66.9 Å². The van der Waals surface area contributed by atoms with Crippen molar-refractivity contribution in [3.05, 3.63) is 106 Å². The monoisotopic (exact) mass is 500 g/mol. The largest absolute Gasteiger partial charge is 0.507 e. The number of methoxy groups -OCH3 is 1. The zero-order valence-electron chi connectivity index (χ0n) is 19.9. The highest BCUT2D eigenvalue weighted by atomic mass is 35.5. The van der Waals surface area contributed by atoms with E-state index in [4.69, 9.17) is 16.3 Å². The molecule has 4 aromatic rings. The third kappa shape index (κ3) is 4.25. The fraction of sp³-hybridized carbons (Fsp3) is 0.172. The summed E-state index contributed by atoms with van der Waals surface area (Å²) in [6.45, 7) is 2.27. The van der Waals surface area contributed by atoms with Gasteiger partial charge in [-0.3, -0.25) is 9.59 Å². The molecule has 0 aliphatic carbocycles. The van der Waals surface area contributed by atoms with Crippen LogP contribution in [0.2, 0.25) is 5.02 Å². The molecule has 1 fully saturated rings. The molecule has 0 bridgehead atoms. The number of ketones is 1. The smallest absolute Gasteiger partial charge is 0.295 e. The number of aryl methyl sites for hydroxylation is 1. The fourth-order valence-electron chi connectivity index (χ4n) is 4.70. The Hall–Kier alpha value is -4.03. The van der Waals surface area contributed by atoms with Gasteiger partial charge in [-0.25, -0.2) is 0 Å². The van der Waals surface area contributed by atoms with Crippen LogP contribution in [-0.4, -0.2) is 40.3 Å². The number of nitrogens with one attached hydrogen (secondary N) is 1. The van der Waals surface area contributed by atoms with E-state index >= 15 is 0 Å². The molecule has 0 saturated carbocycles. The number of aromatic nitrogens is 1. The second kappa shape index (κ2) is 9.55. The number of ether oxygens (including phenoxy) is 1. The summed E-state index contributed by atoms with van der Waals surface area (Å²) in [5.41, 5.74) is 4.29. The highest BCUT2D eigenvalue weighted by Gasteiger charge is 2.45. The van der Waals surface area contributed by atoms with Crippen molar-refractivity contribution in [2.24, 2.45) is 0 Å². The summed E-state index contributed by atoms with van der Waals surface area (Å²) >= 11 is 6.00. The Bertz CT molecular complexity index is 1490. The number of benzene rings is 3. The Morgan fingerprint density at radius 1 is 1.06 bits per heavy atom. The van der Waals surface area contributed by atoms with Crippen LogP contribution in [0.15, 0.2) is 78.5 Å². The third-order valence-corrected chi connectivity index (χ3v) is 6.90. The first-order valence-corrected chi connectivity index (χ1v) is 12.0. The average molecular weight is 501 g/mol. The van der Waals surface area contributed by atoms with E-state index in [0.29, 0.717) is 23.6 Å². The van der Waals surface area contributed by atoms with Gasteiger partial charge in [0.25, 0.3) is 11.7 Å². The highest BCUT2D eigenvalue weighted by Crippen LogP contribution is 2.40. The van der Waals surface area contributed by atoms with Crippen molar-refractivity contribution in [3.63, 3.8) is 0 Å². The Morgan fingerprint density at radius 3 is 2.47 bits per heavy atom. The van der Waals surface area contributed by atoms with E-state index in [2.05, 4.69) is 4.98 Å². The van der Waals surface area contributed by atoms with Crippen LogP contribution in [0, 0.1) is 6.92 Å². The van der Waals surface area contributed by atoms with Crippen molar-refractivity contribution < 1.29 is 19.4 Å². The van der Waals surface area contributed by atoms with Gasteiger partial charge < -0.3 is 19.7 Å². The second-order valence-corrected chi connectivity index (χ2v) is 9.32. The maximum absolute atomic E-state index is 13.3. The molecule has 182 valence electrons. The van der Waals surface area contributed by atoms with Gasteiger partial charge in [0.2, 0.25) is 0 Å². The number of carbonyl (C=O) groups is 2. The van der Waals surface area contributed by atoms with Crippen LogP contribution >= 0.6 is 11.6 Å². The number of carbonyl (C=O) groups excluding carboxylic acids is 2. The van der Waals surface area contributed by atoms with Gasteiger partial charge in [0.1, 0.15) is 11.5 Å². The molecule has 0 unspecified atom stereocenters. The van der Waals surface area contributed by atoms with Gasteiger partial charge in [0.15, 0.2) is 0 Å². The van der Waals surface area contributed by atoms with Crippen LogP contribution in [0.5, 0.6) is 5.75 Å². The number of hydrogen-bond acceptors (Lipinski definition) is 4. The van der Waals surface area contributed by atoms with Crippen LogP contribution in [0.25, 0.3) is 16.7 Å². The Kier molecular flexibility index (Phi) is 6.29. The Morgan fingerprint density at radius 2 is 1.78 bits per heavy atom. The predicted octanol–water partition coefficient (Wildman–Crippen LogP) is 5.80.